The van der Waals surface area contributed by atoms with Crippen molar-refractivity contribution in [1.82, 2.24) is 4.67 Å². The van der Waals surface area contributed by atoms with Crippen molar-refractivity contribution in [3.8, 4) is 0 Å². The first-order chi connectivity index (χ1) is 34.1. The summed E-state index contributed by atoms with van der Waals surface area (Å²) < 4.78 is 21.0. The van der Waals surface area contributed by atoms with Gasteiger partial charge in [-0.3, -0.25) is 4.52 Å². The van der Waals surface area contributed by atoms with Crippen LogP contribution in [0.2, 0.25) is 0 Å². The smallest absolute Gasteiger partial charge is 0.312 e. The molecule has 0 fully saturated rings. The van der Waals surface area contributed by atoms with E-state index >= 15 is 0 Å². The van der Waals surface area contributed by atoms with Crippen LogP contribution in [-0.4, -0.2) is 29.3 Å². The zero-order valence-electron chi connectivity index (χ0n) is 48.3. The molecule has 0 saturated heterocycles. The van der Waals surface area contributed by atoms with Crippen molar-refractivity contribution < 1.29 is 14.0 Å². The Morgan fingerprint density at radius 1 is 0.246 bits per heavy atom. The molecule has 0 aromatic carbocycles. The molecule has 1 N–H and O–H groups in total. The highest BCUT2D eigenvalue weighted by Crippen LogP contribution is 2.47. The van der Waals surface area contributed by atoms with E-state index < -0.39 is 7.75 Å². The molecular formula is C64H132NO3P. The molecular weight excluding hydrogens is 862 g/mol. The summed E-state index contributed by atoms with van der Waals surface area (Å²) >= 11 is 0. The molecule has 0 aliphatic rings. The minimum absolute atomic E-state index is 0.412. The molecule has 0 amide bonds. The lowest BCUT2D eigenvalue weighted by Gasteiger charge is -2.26. The molecule has 416 valence electrons. The maximum absolute atomic E-state index is 13.5. The number of nitrogens with zero attached hydrogens (tertiary/aromatic N) is 1. The molecule has 0 aromatic heterocycles. The summed E-state index contributed by atoms with van der Waals surface area (Å²) in [4.78, 5) is 11.1. The van der Waals surface area contributed by atoms with E-state index in [4.69, 9.17) is 4.52 Å². The highest BCUT2D eigenvalue weighted by Gasteiger charge is 2.28. The molecule has 0 rings (SSSR count). The average molecular weight is 995 g/mol. The third kappa shape index (κ3) is 57.2. The van der Waals surface area contributed by atoms with E-state index in [0.717, 1.165) is 38.5 Å². The van der Waals surface area contributed by atoms with Crippen LogP contribution in [0.25, 0.3) is 0 Å². The average Bonchev–Trinajstić information content (AvgIpc) is 3.35. The number of rotatable bonds is 63. The molecule has 0 aliphatic carbocycles. The predicted molar refractivity (Wildman–Crippen MR) is 312 cm³/mol. The summed E-state index contributed by atoms with van der Waals surface area (Å²) in [6, 6.07) is 0. The van der Waals surface area contributed by atoms with Crippen molar-refractivity contribution in [1.29, 1.82) is 0 Å². The van der Waals surface area contributed by atoms with Gasteiger partial charge in [-0.15, -0.1) is 0 Å². The van der Waals surface area contributed by atoms with Gasteiger partial charge in [-0.25, -0.2) is 9.24 Å². The minimum atomic E-state index is -3.73. The second-order valence-electron chi connectivity index (χ2n) is 22.7. The number of unbranched alkanes of at least 4 members (excludes halogenated alkanes) is 55. The lowest BCUT2D eigenvalue weighted by atomic mass is 10.0. The van der Waals surface area contributed by atoms with Crippen LogP contribution in [0.1, 0.15) is 393 Å². The fourth-order valence-electron chi connectivity index (χ4n) is 10.7. The Labute approximate surface area is 437 Å². The SMILES string of the molecule is CCCCCCCCCCCCCCCCCCCCCCCCCCCCN(CCCCCCCCCCCCCCCCCCCCCCCCCCCC)P(=O)(O)OCCCCCCCC. The van der Waals surface area contributed by atoms with E-state index in [1.165, 1.54) is 334 Å². The van der Waals surface area contributed by atoms with Gasteiger partial charge in [0.1, 0.15) is 0 Å². The van der Waals surface area contributed by atoms with Crippen LogP contribution in [0.5, 0.6) is 0 Å². The third-order valence-electron chi connectivity index (χ3n) is 15.7. The van der Waals surface area contributed by atoms with E-state index in [2.05, 4.69) is 20.8 Å². The Morgan fingerprint density at radius 3 is 0.565 bits per heavy atom. The first-order valence-corrected chi connectivity index (χ1v) is 34.3. The van der Waals surface area contributed by atoms with Crippen LogP contribution < -0.4 is 0 Å². The summed E-state index contributed by atoms with van der Waals surface area (Å²) in [7, 11) is -3.73. The van der Waals surface area contributed by atoms with Gasteiger partial charge in [-0.2, -0.15) is 0 Å². The van der Waals surface area contributed by atoms with E-state index in [1.807, 2.05) is 4.67 Å². The molecule has 0 radical (unpaired) electrons. The molecule has 0 saturated carbocycles. The third-order valence-corrected chi connectivity index (χ3v) is 17.3. The number of hydrogen-bond acceptors (Lipinski definition) is 2. The van der Waals surface area contributed by atoms with Gasteiger partial charge in [-0.1, -0.05) is 374 Å². The fourth-order valence-corrected chi connectivity index (χ4v) is 12.1. The largest absolute Gasteiger partial charge is 0.405 e. The second-order valence-corrected chi connectivity index (χ2v) is 24.5. The molecule has 1 atom stereocenters. The van der Waals surface area contributed by atoms with E-state index in [-0.39, 0.29) is 0 Å². The highest BCUT2D eigenvalue weighted by molar-refractivity contribution is 7.50. The zero-order valence-corrected chi connectivity index (χ0v) is 49.2. The maximum Gasteiger partial charge on any atom is 0.405 e. The first kappa shape index (κ1) is 69.1. The summed E-state index contributed by atoms with van der Waals surface area (Å²) in [6.07, 6.45) is 79.8. The van der Waals surface area contributed by atoms with Crippen molar-refractivity contribution in [2.24, 2.45) is 0 Å². The molecule has 5 heteroatoms. The molecule has 69 heavy (non-hydrogen) atoms. The molecule has 0 spiro atoms. The van der Waals surface area contributed by atoms with Gasteiger partial charge in [0.25, 0.3) is 0 Å². The van der Waals surface area contributed by atoms with Crippen molar-refractivity contribution in [2.45, 2.75) is 393 Å². The van der Waals surface area contributed by atoms with E-state index in [1.54, 1.807) is 0 Å². The molecule has 0 aromatic rings. The standard InChI is InChI=1S/C64H132NO3P/c1-4-7-10-13-16-18-20-22-24-26-28-30-32-34-36-38-40-42-44-46-48-50-52-54-56-59-62-65(69(66,67)68-64-61-58-15-12-9-6-3)63-60-57-55-53-51-49-47-45-43-41-39-37-35-33-31-29-27-25-23-21-19-17-14-11-8-5-2/h4-64H2,1-3H3,(H,66,67). The van der Waals surface area contributed by atoms with Crippen LogP contribution in [0.3, 0.4) is 0 Å². The summed E-state index contributed by atoms with van der Waals surface area (Å²) in [5, 5.41) is 0. The number of hydrogen-bond donors (Lipinski definition) is 1. The summed E-state index contributed by atoms with van der Waals surface area (Å²) in [6.45, 7) is 8.66. The Morgan fingerprint density at radius 2 is 0.391 bits per heavy atom. The zero-order chi connectivity index (χ0) is 49.9. The summed E-state index contributed by atoms with van der Waals surface area (Å²) in [5.41, 5.74) is 0. The van der Waals surface area contributed by atoms with Gasteiger partial charge in [0, 0.05) is 13.1 Å². The minimum Gasteiger partial charge on any atom is -0.312 e. The van der Waals surface area contributed by atoms with Crippen molar-refractivity contribution in [3.63, 3.8) is 0 Å². The topological polar surface area (TPSA) is 49.8 Å². The van der Waals surface area contributed by atoms with Crippen molar-refractivity contribution in [2.75, 3.05) is 19.7 Å². The van der Waals surface area contributed by atoms with Crippen molar-refractivity contribution >= 4 is 7.75 Å². The summed E-state index contributed by atoms with van der Waals surface area (Å²) in [5.74, 6) is 0. The molecule has 0 aliphatic heterocycles. The molecule has 0 bridgehead atoms. The maximum atomic E-state index is 13.5. The Balaban J connectivity index is 3.87. The van der Waals surface area contributed by atoms with Crippen LogP contribution in [0.15, 0.2) is 0 Å². The monoisotopic (exact) mass is 994 g/mol. The van der Waals surface area contributed by atoms with Gasteiger partial charge >= 0.3 is 7.75 Å². The molecule has 1 unspecified atom stereocenters. The van der Waals surface area contributed by atoms with Crippen LogP contribution >= 0.6 is 7.75 Å². The van der Waals surface area contributed by atoms with Gasteiger partial charge in [0.2, 0.25) is 0 Å². The van der Waals surface area contributed by atoms with E-state index in [0.29, 0.717) is 19.7 Å². The van der Waals surface area contributed by atoms with Gasteiger partial charge in [0.05, 0.1) is 6.61 Å². The van der Waals surface area contributed by atoms with Crippen molar-refractivity contribution in [3.05, 3.63) is 0 Å². The molecule has 0 heterocycles. The second kappa shape index (κ2) is 60.7. The Bertz CT molecular complexity index is 905. The first-order valence-electron chi connectivity index (χ1n) is 32.8. The van der Waals surface area contributed by atoms with Gasteiger partial charge in [0.15, 0.2) is 0 Å². The van der Waals surface area contributed by atoms with Gasteiger partial charge in [-0.05, 0) is 19.3 Å². The van der Waals surface area contributed by atoms with Crippen LogP contribution in [0.4, 0.5) is 0 Å². The lowest BCUT2D eigenvalue weighted by Crippen LogP contribution is -2.24. The van der Waals surface area contributed by atoms with Crippen LogP contribution in [0, 0.1) is 0 Å². The Kier molecular flexibility index (Phi) is 60.8. The Hall–Kier alpha value is 0.110. The fraction of sp³-hybridized carbons (Fsp3) is 1.00. The quantitative estimate of drug-likeness (QED) is 0.0487. The normalized spacial score (nSPS) is 12.8. The van der Waals surface area contributed by atoms with Gasteiger partial charge < -0.3 is 4.89 Å². The molecule has 4 nitrogen and oxygen atoms in total. The lowest BCUT2D eigenvalue weighted by molar-refractivity contribution is 0.194. The highest BCUT2D eigenvalue weighted by atomic mass is 31.2. The van der Waals surface area contributed by atoms with Crippen LogP contribution in [-0.2, 0) is 9.09 Å². The van der Waals surface area contributed by atoms with E-state index in [9.17, 15) is 9.46 Å². The predicted octanol–water partition coefficient (Wildman–Crippen LogP) is 24.1.